The molecule has 1 aliphatic heterocycles. The molecule has 0 spiro atoms. The Balaban J connectivity index is 2.21. The van der Waals surface area contributed by atoms with Crippen LogP contribution < -0.4 is 4.74 Å². The Morgan fingerprint density at radius 1 is 1.47 bits per heavy atom. The average Bonchev–Trinajstić information content (AvgIpc) is 2.39. The van der Waals surface area contributed by atoms with Gasteiger partial charge in [0.2, 0.25) is 0 Å². The Hall–Kier alpha value is -1.69. The second-order valence-corrected chi connectivity index (χ2v) is 4.83. The van der Waals surface area contributed by atoms with Gasteiger partial charge in [-0.3, -0.25) is 0 Å². The summed E-state index contributed by atoms with van der Waals surface area (Å²) in [4.78, 5) is 19.5. The lowest BCUT2D eigenvalue weighted by atomic mass is 10.1. The summed E-state index contributed by atoms with van der Waals surface area (Å²) in [6, 6.07) is 0. The summed E-state index contributed by atoms with van der Waals surface area (Å²) in [6.07, 6.45) is 2.94. The monoisotopic (exact) mass is 266 g/mol. The van der Waals surface area contributed by atoms with Crippen LogP contribution in [-0.4, -0.2) is 40.4 Å². The van der Waals surface area contributed by atoms with Gasteiger partial charge in [0.05, 0.1) is 19.4 Å². The number of nitrogens with zero attached hydrogens (tertiary/aromatic N) is 2. The average molecular weight is 266 g/mol. The predicted molar refractivity (Wildman–Crippen MR) is 67.5 cm³/mol. The zero-order chi connectivity index (χ0) is 13.8. The molecule has 0 aliphatic carbocycles. The fourth-order valence-corrected chi connectivity index (χ4v) is 1.88. The number of aromatic nitrogens is 2. The minimum Gasteiger partial charge on any atom is -0.486 e. The van der Waals surface area contributed by atoms with Gasteiger partial charge < -0.3 is 14.6 Å². The number of carboxylic acid groups (broad SMARTS) is 1. The molecule has 6 heteroatoms. The van der Waals surface area contributed by atoms with E-state index in [1.807, 2.05) is 13.8 Å². The minimum absolute atomic E-state index is 0.0275. The van der Waals surface area contributed by atoms with Crippen LogP contribution in [0.5, 0.6) is 5.75 Å². The zero-order valence-electron chi connectivity index (χ0n) is 11.1. The van der Waals surface area contributed by atoms with Gasteiger partial charge in [-0.2, -0.15) is 0 Å². The molecule has 1 aromatic heterocycles. The summed E-state index contributed by atoms with van der Waals surface area (Å²) in [5.74, 6) is -0.262. The van der Waals surface area contributed by atoms with Crippen LogP contribution in [-0.2, 0) is 4.74 Å². The number of ether oxygens (including phenoxy) is 2. The summed E-state index contributed by atoms with van der Waals surface area (Å²) >= 11 is 0. The van der Waals surface area contributed by atoms with Crippen molar-refractivity contribution in [1.29, 1.82) is 0 Å². The van der Waals surface area contributed by atoms with Crippen LogP contribution in [0.25, 0.3) is 0 Å². The highest BCUT2D eigenvalue weighted by atomic mass is 16.5. The molecule has 1 saturated heterocycles. The molecule has 1 aliphatic rings. The second kappa shape index (κ2) is 5.97. The van der Waals surface area contributed by atoms with Gasteiger partial charge >= 0.3 is 5.97 Å². The van der Waals surface area contributed by atoms with Crippen molar-refractivity contribution in [2.75, 3.05) is 13.2 Å². The van der Waals surface area contributed by atoms with Gasteiger partial charge in [0.1, 0.15) is 11.9 Å². The quantitative estimate of drug-likeness (QED) is 0.895. The number of hydrogen-bond acceptors (Lipinski definition) is 5. The Kier molecular flexibility index (Phi) is 4.31. The SMILES string of the molecule is CC(C)c1ncc(OC2CCOCC2)c(C(=O)O)n1. The van der Waals surface area contributed by atoms with Crippen molar-refractivity contribution in [2.24, 2.45) is 0 Å². The fraction of sp³-hybridized carbons (Fsp3) is 0.615. The summed E-state index contributed by atoms with van der Waals surface area (Å²) in [6.45, 7) is 5.11. The van der Waals surface area contributed by atoms with Crippen LogP contribution in [0.4, 0.5) is 0 Å². The van der Waals surface area contributed by atoms with Crippen molar-refractivity contribution < 1.29 is 19.4 Å². The van der Waals surface area contributed by atoms with Gasteiger partial charge in [0, 0.05) is 18.8 Å². The maximum absolute atomic E-state index is 11.2. The second-order valence-electron chi connectivity index (χ2n) is 4.83. The summed E-state index contributed by atoms with van der Waals surface area (Å²) < 4.78 is 10.9. The molecular formula is C13H18N2O4. The first-order valence-corrected chi connectivity index (χ1v) is 6.42. The Morgan fingerprint density at radius 3 is 2.74 bits per heavy atom. The van der Waals surface area contributed by atoms with Gasteiger partial charge in [0.25, 0.3) is 0 Å². The van der Waals surface area contributed by atoms with Crippen molar-refractivity contribution in [2.45, 2.75) is 38.7 Å². The Morgan fingerprint density at radius 2 is 2.16 bits per heavy atom. The van der Waals surface area contributed by atoms with E-state index in [2.05, 4.69) is 9.97 Å². The van der Waals surface area contributed by atoms with Crippen LogP contribution in [0, 0.1) is 0 Å². The molecule has 0 amide bonds. The van der Waals surface area contributed by atoms with E-state index >= 15 is 0 Å². The highest BCUT2D eigenvalue weighted by molar-refractivity contribution is 5.88. The molecule has 1 N–H and O–H groups in total. The third-order valence-corrected chi connectivity index (χ3v) is 2.95. The van der Waals surface area contributed by atoms with E-state index < -0.39 is 5.97 Å². The van der Waals surface area contributed by atoms with Gasteiger partial charge in [-0.25, -0.2) is 14.8 Å². The lowest BCUT2D eigenvalue weighted by Crippen LogP contribution is -2.27. The molecule has 2 heterocycles. The molecule has 0 bridgehead atoms. The Bertz CT molecular complexity index is 456. The lowest BCUT2D eigenvalue weighted by Gasteiger charge is -2.23. The summed E-state index contributed by atoms with van der Waals surface area (Å²) in [5.41, 5.74) is -0.0646. The molecule has 0 unspecified atom stereocenters. The molecule has 104 valence electrons. The molecule has 2 rings (SSSR count). The van der Waals surface area contributed by atoms with Gasteiger partial charge in [-0.15, -0.1) is 0 Å². The molecule has 0 saturated carbocycles. The standard InChI is InChI=1S/C13H18N2O4/c1-8(2)12-14-7-10(11(15-12)13(16)17)19-9-3-5-18-6-4-9/h7-9H,3-6H2,1-2H3,(H,16,17). The molecule has 1 fully saturated rings. The summed E-state index contributed by atoms with van der Waals surface area (Å²) in [5, 5.41) is 9.21. The third kappa shape index (κ3) is 3.41. The number of rotatable bonds is 4. The van der Waals surface area contributed by atoms with E-state index in [4.69, 9.17) is 9.47 Å². The molecule has 0 atom stereocenters. The first kappa shape index (κ1) is 13.7. The van der Waals surface area contributed by atoms with Gasteiger partial charge in [-0.1, -0.05) is 13.8 Å². The van der Waals surface area contributed by atoms with E-state index in [9.17, 15) is 9.90 Å². The van der Waals surface area contributed by atoms with E-state index in [1.165, 1.54) is 6.20 Å². The van der Waals surface area contributed by atoms with Crippen LogP contribution in [0.1, 0.15) is 48.9 Å². The fourth-order valence-electron chi connectivity index (χ4n) is 1.88. The van der Waals surface area contributed by atoms with Gasteiger partial charge in [0.15, 0.2) is 11.4 Å². The smallest absolute Gasteiger partial charge is 0.358 e. The van der Waals surface area contributed by atoms with Crippen LogP contribution in [0.3, 0.4) is 0 Å². The first-order chi connectivity index (χ1) is 9.08. The minimum atomic E-state index is -1.09. The predicted octanol–water partition coefficient (Wildman–Crippen LogP) is 1.86. The van der Waals surface area contributed by atoms with E-state index in [1.54, 1.807) is 0 Å². The highest BCUT2D eigenvalue weighted by Crippen LogP contribution is 2.22. The number of aromatic carboxylic acids is 1. The lowest BCUT2D eigenvalue weighted by molar-refractivity contribution is 0.0244. The normalized spacial score (nSPS) is 16.6. The molecule has 1 aromatic rings. The molecule has 6 nitrogen and oxygen atoms in total. The van der Waals surface area contributed by atoms with Crippen LogP contribution >= 0.6 is 0 Å². The van der Waals surface area contributed by atoms with E-state index in [0.717, 1.165) is 12.8 Å². The first-order valence-electron chi connectivity index (χ1n) is 6.42. The molecular weight excluding hydrogens is 248 g/mol. The van der Waals surface area contributed by atoms with Crippen molar-refractivity contribution in [3.8, 4) is 5.75 Å². The molecule has 19 heavy (non-hydrogen) atoms. The summed E-state index contributed by atoms with van der Waals surface area (Å²) in [7, 11) is 0. The highest BCUT2D eigenvalue weighted by Gasteiger charge is 2.21. The zero-order valence-corrected chi connectivity index (χ0v) is 11.1. The molecule has 0 radical (unpaired) electrons. The van der Waals surface area contributed by atoms with E-state index in [0.29, 0.717) is 19.0 Å². The van der Waals surface area contributed by atoms with Crippen molar-refractivity contribution >= 4 is 5.97 Å². The van der Waals surface area contributed by atoms with Gasteiger partial charge in [-0.05, 0) is 0 Å². The van der Waals surface area contributed by atoms with E-state index in [-0.39, 0.29) is 23.5 Å². The third-order valence-electron chi connectivity index (χ3n) is 2.95. The number of hydrogen-bond donors (Lipinski definition) is 1. The van der Waals surface area contributed by atoms with Crippen molar-refractivity contribution in [1.82, 2.24) is 9.97 Å². The van der Waals surface area contributed by atoms with Crippen molar-refractivity contribution in [3.05, 3.63) is 17.7 Å². The number of carbonyl (C=O) groups is 1. The van der Waals surface area contributed by atoms with Crippen molar-refractivity contribution in [3.63, 3.8) is 0 Å². The molecule has 0 aromatic carbocycles. The topological polar surface area (TPSA) is 81.5 Å². The maximum atomic E-state index is 11.2. The Labute approximate surface area is 111 Å². The maximum Gasteiger partial charge on any atom is 0.358 e. The van der Waals surface area contributed by atoms with Crippen LogP contribution in [0.2, 0.25) is 0 Å². The van der Waals surface area contributed by atoms with Crippen LogP contribution in [0.15, 0.2) is 6.20 Å². The largest absolute Gasteiger partial charge is 0.486 e. The number of carboxylic acids is 1.